The fourth-order valence-corrected chi connectivity index (χ4v) is 1.61. The molecule has 1 N–H and O–H groups in total. The average Bonchev–Trinajstić information content (AvgIpc) is 2.34. The van der Waals surface area contributed by atoms with E-state index in [-0.39, 0.29) is 6.04 Å². The van der Waals surface area contributed by atoms with Gasteiger partial charge in [0.25, 0.3) is 0 Å². The van der Waals surface area contributed by atoms with Crippen molar-refractivity contribution < 1.29 is 14.3 Å². The van der Waals surface area contributed by atoms with Gasteiger partial charge in [0.15, 0.2) is 0 Å². The van der Waals surface area contributed by atoms with E-state index in [2.05, 4.69) is 12.2 Å². The second-order valence-corrected chi connectivity index (χ2v) is 4.71. The molecule has 1 amide bonds. The van der Waals surface area contributed by atoms with Gasteiger partial charge in [-0.25, -0.2) is 4.79 Å². The highest BCUT2D eigenvalue weighted by Crippen LogP contribution is 2.05. The van der Waals surface area contributed by atoms with Crippen LogP contribution in [0.1, 0.15) is 65.7 Å². The topological polar surface area (TPSA) is 55.4 Å². The van der Waals surface area contributed by atoms with Crippen molar-refractivity contribution in [2.24, 2.45) is 0 Å². The van der Waals surface area contributed by atoms with Crippen molar-refractivity contribution in [3.8, 4) is 0 Å². The van der Waals surface area contributed by atoms with Gasteiger partial charge in [0.1, 0.15) is 0 Å². The van der Waals surface area contributed by atoms with Gasteiger partial charge in [-0.3, -0.25) is 4.79 Å². The Morgan fingerprint density at radius 1 is 1.06 bits per heavy atom. The first-order valence-corrected chi connectivity index (χ1v) is 7.09. The van der Waals surface area contributed by atoms with Crippen molar-refractivity contribution in [1.82, 2.24) is 5.32 Å². The summed E-state index contributed by atoms with van der Waals surface area (Å²) in [7, 11) is 0. The van der Waals surface area contributed by atoms with Crippen LogP contribution in [0.3, 0.4) is 0 Å². The zero-order valence-electron chi connectivity index (χ0n) is 12.0. The lowest BCUT2D eigenvalue weighted by Crippen LogP contribution is -2.38. The molecule has 0 heterocycles. The third-order valence-electron chi connectivity index (χ3n) is 2.78. The molecule has 18 heavy (non-hydrogen) atoms. The van der Waals surface area contributed by atoms with Crippen LogP contribution in [0, 0.1) is 0 Å². The lowest BCUT2D eigenvalue weighted by Gasteiger charge is -2.13. The van der Waals surface area contributed by atoms with Gasteiger partial charge < -0.3 is 10.1 Å². The van der Waals surface area contributed by atoms with Crippen molar-refractivity contribution in [3.05, 3.63) is 0 Å². The van der Waals surface area contributed by atoms with Crippen LogP contribution in [0.2, 0.25) is 0 Å². The third-order valence-corrected chi connectivity index (χ3v) is 2.78. The van der Waals surface area contributed by atoms with Crippen LogP contribution in [0.15, 0.2) is 0 Å². The Morgan fingerprint density at radius 3 is 2.33 bits per heavy atom. The van der Waals surface area contributed by atoms with Gasteiger partial charge in [-0.15, -0.1) is 0 Å². The van der Waals surface area contributed by atoms with Crippen LogP contribution >= 0.6 is 0 Å². The van der Waals surface area contributed by atoms with Gasteiger partial charge in [-0.1, -0.05) is 46.0 Å². The molecule has 4 heteroatoms. The fraction of sp³-hybridized carbons (Fsp3) is 0.857. The lowest BCUT2D eigenvalue weighted by atomic mass is 10.1. The molecule has 1 atom stereocenters. The third kappa shape index (κ3) is 9.02. The van der Waals surface area contributed by atoms with Crippen LogP contribution in [0.25, 0.3) is 0 Å². The summed E-state index contributed by atoms with van der Waals surface area (Å²) in [5.74, 6) is -1.38. The summed E-state index contributed by atoms with van der Waals surface area (Å²) >= 11 is 0. The Bertz CT molecular complexity index is 241. The molecule has 0 aliphatic carbocycles. The first-order valence-electron chi connectivity index (χ1n) is 7.09. The number of unbranched alkanes of at least 4 members (excludes halogenated alkanes) is 4. The van der Waals surface area contributed by atoms with Gasteiger partial charge in [0.05, 0.1) is 6.61 Å². The van der Waals surface area contributed by atoms with E-state index in [1.165, 1.54) is 19.3 Å². The number of hydrogen-bond donors (Lipinski definition) is 1. The molecular weight excluding hydrogens is 230 g/mol. The van der Waals surface area contributed by atoms with Gasteiger partial charge in [0, 0.05) is 6.04 Å². The number of amides is 1. The monoisotopic (exact) mass is 257 g/mol. The maximum absolute atomic E-state index is 11.5. The van der Waals surface area contributed by atoms with Crippen LogP contribution in [0.4, 0.5) is 0 Å². The van der Waals surface area contributed by atoms with Crippen molar-refractivity contribution in [2.45, 2.75) is 71.8 Å². The minimum Gasteiger partial charge on any atom is -0.459 e. The molecule has 0 saturated heterocycles. The van der Waals surface area contributed by atoms with E-state index in [1.54, 1.807) is 0 Å². The summed E-state index contributed by atoms with van der Waals surface area (Å²) in [6.45, 7) is 6.42. The number of hydrogen-bond acceptors (Lipinski definition) is 3. The lowest BCUT2D eigenvalue weighted by molar-refractivity contribution is -0.155. The highest BCUT2D eigenvalue weighted by molar-refractivity contribution is 6.32. The van der Waals surface area contributed by atoms with Gasteiger partial charge in [-0.05, 0) is 19.8 Å². The predicted octanol–water partition coefficient (Wildman–Crippen LogP) is 2.80. The Hall–Kier alpha value is -1.06. The summed E-state index contributed by atoms with van der Waals surface area (Å²) in [5, 5.41) is 2.67. The Labute approximate surface area is 110 Å². The SMILES string of the molecule is CCCCCCC(C)NC(=O)C(=O)OCCCC. The smallest absolute Gasteiger partial charge is 0.396 e. The molecule has 0 aromatic heterocycles. The molecule has 1 unspecified atom stereocenters. The maximum Gasteiger partial charge on any atom is 0.396 e. The molecule has 0 saturated carbocycles. The first-order chi connectivity index (χ1) is 8.61. The molecule has 0 bridgehead atoms. The van der Waals surface area contributed by atoms with Gasteiger partial charge >= 0.3 is 11.9 Å². The molecule has 0 aliphatic rings. The minimum absolute atomic E-state index is 0.0353. The molecule has 4 nitrogen and oxygen atoms in total. The predicted molar refractivity (Wildman–Crippen MR) is 72.2 cm³/mol. The number of nitrogens with one attached hydrogen (secondary N) is 1. The number of ether oxygens (including phenoxy) is 1. The Morgan fingerprint density at radius 2 is 1.72 bits per heavy atom. The number of rotatable bonds is 9. The van der Waals surface area contributed by atoms with E-state index in [9.17, 15) is 9.59 Å². The number of carbonyl (C=O) groups excluding carboxylic acids is 2. The van der Waals surface area contributed by atoms with Gasteiger partial charge in [-0.2, -0.15) is 0 Å². The summed E-state index contributed by atoms with van der Waals surface area (Å²) < 4.78 is 4.84. The number of carbonyl (C=O) groups is 2. The molecule has 0 aliphatic heterocycles. The largest absolute Gasteiger partial charge is 0.459 e. The van der Waals surface area contributed by atoms with Crippen molar-refractivity contribution in [3.63, 3.8) is 0 Å². The average molecular weight is 257 g/mol. The molecule has 0 fully saturated rings. The molecule has 0 aromatic rings. The number of esters is 1. The molecule has 106 valence electrons. The zero-order valence-corrected chi connectivity index (χ0v) is 12.0. The maximum atomic E-state index is 11.5. The summed E-state index contributed by atoms with van der Waals surface area (Å²) in [6, 6.07) is 0.0353. The van der Waals surface area contributed by atoms with E-state index in [1.807, 2.05) is 13.8 Å². The van der Waals surface area contributed by atoms with E-state index >= 15 is 0 Å². The molecule has 0 radical (unpaired) electrons. The highest BCUT2D eigenvalue weighted by atomic mass is 16.5. The van der Waals surface area contributed by atoms with Crippen LogP contribution in [0.5, 0.6) is 0 Å². The van der Waals surface area contributed by atoms with E-state index in [4.69, 9.17) is 4.74 Å². The zero-order chi connectivity index (χ0) is 13.8. The van der Waals surface area contributed by atoms with Crippen LogP contribution in [-0.2, 0) is 14.3 Å². The quantitative estimate of drug-likeness (QED) is 0.392. The Kier molecular flexibility index (Phi) is 10.4. The second-order valence-electron chi connectivity index (χ2n) is 4.71. The molecule has 0 aromatic carbocycles. The summed E-state index contributed by atoms with van der Waals surface area (Å²) in [4.78, 5) is 22.7. The summed E-state index contributed by atoms with van der Waals surface area (Å²) in [6.07, 6.45) is 7.34. The highest BCUT2D eigenvalue weighted by Gasteiger charge is 2.16. The first kappa shape index (κ1) is 16.9. The molecular formula is C14H27NO3. The van der Waals surface area contributed by atoms with Crippen molar-refractivity contribution in [1.29, 1.82) is 0 Å². The van der Waals surface area contributed by atoms with Crippen LogP contribution < -0.4 is 5.32 Å². The standard InChI is InChI=1S/C14H27NO3/c1-4-6-8-9-10-12(3)15-13(16)14(17)18-11-7-5-2/h12H,4-11H2,1-3H3,(H,15,16). The molecule has 0 rings (SSSR count). The van der Waals surface area contributed by atoms with E-state index in [0.29, 0.717) is 6.61 Å². The van der Waals surface area contributed by atoms with Crippen LogP contribution in [-0.4, -0.2) is 24.5 Å². The van der Waals surface area contributed by atoms with Crippen molar-refractivity contribution in [2.75, 3.05) is 6.61 Å². The fourth-order valence-electron chi connectivity index (χ4n) is 1.61. The normalized spacial score (nSPS) is 11.9. The minimum atomic E-state index is -0.760. The van der Waals surface area contributed by atoms with E-state index in [0.717, 1.165) is 25.7 Å². The Balaban J connectivity index is 3.68. The van der Waals surface area contributed by atoms with Gasteiger partial charge in [0.2, 0.25) is 0 Å². The van der Waals surface area contributed by atoms with E-state index < -0.39 is 11.9 Å². The van der Waals surface area contributed by atoms with Crippen molar-refractivity contribution >= 4 is 11.9 Å². The summed E-state index contributed by atoms with van der Waals surface area (Å²) in [5.41, 5.74) is 0. The molecule has 0 spiro atoms. The second kappa shape index (κ2) is 11.1.